The molecule has 0 radical (unpaired) electrons. The molecule has 1 aliphatic heterocycles. The average molecular weight is 420 g/mol. The van der Waals surface area contributed by atoms with Crippen LogP contribution in [-0.4, -0.2) is 16.2 Å². The van der Waals surface area contributed by atoms with E-state index in [4.69, 9.17) is 21.1 Å². The van der Waals surface area contributed by atoms with Crippen molar-refractivity contribution >= 4 is 27.5 Å². The number of nitrogens with zero attached hydrogens (tertiary/aromatic N) is 2. The minimum atomic E-state index is -0.872. The Bertz CT molecular complexity index is 837. The monoisotopic (exact) mass is 418 g/mol. The molecule has 1 saturated heterocycles. The smallest absolute Gasteiger partial charge is 0.214 e. The molecule has 0 aliphatic carbocycles. The molecule has 2 aromatic carbocycles. The third-order valence-corrected chi connectivity index (χ3v) is 5.06. The minimum absolute atomic E-state index is 0.132. The highest BCUT2D eigenvalue weighted by molar-refractivity contribution is 9.10. The van der Waals surface area contributed by atoms with E-state index in [0.29, 0.717) is 18.2 Å². The van der Waals surface area contributed by atoms with Crippen molar-refractivity contribution in [1.82, 2.24) is 9.55 Å². The highest BCUT2D eigenvalue weighted by Crippen LogP contribution is 2.42. The van der Waals surface area contributed by atoms with Crippen molar-refractivity contribution in [3.05, 3.63) is 87.9 Å². The van der Waals surface area contributed by atoms with E-state index in [0.717, 1.165) is 15.6 Å². The number of aromatic nitrogens is 2. The summed E-state index contributed by atoms with van der Waals surface area (Å²) in [5, 5.41) is 0.684. The maximum Gasteiger partial charge on any atom is 0.214 e. The van der Waals surface area contributed by atoms with Crippen molar-refractivity contribution < 1.29 is 9.47 Å². The van der Waals surface area contributed by atoms with Crippen molar-refractivity contribution in [2.75, 3.05) is 6.61 Å². The molecule has 1 aliphatic rings. The first-order valence-electron chi connectivity index (χ1n) is 7.94. The van der Waals surface area contributed by atoms with Gasteiger partial charge < -0.3 is 14.0 Å². The Kier molecular flexibility index (Phi) is 4.65. The van der Waals surface area contributed by atoms with Gasteiger partial charge in [-0.15, -0.1) is 0 Å². The molecule has 0 saturated carbocycles. The Hall–Kier alpha value is -1.66. The molecule has 6 heteroatoms. The summed E-state index contributed by atoms with van der Waals surface area (Å²) in [5.74, 6) is -0.872. The first kappa shape index (κ1) is 16.8. The zero-order valence-corrected chi connectivity index (χ0v) is 15.7. The van der Waals surface area contributed by atoms with Crippen LogP contribution in [0.3, 0.4) is 0 Å². The van der Waals surface area contributed by atoms with E-state index < -0.39 is 5.79 Å². The lowest BCUT2D eigenvalue weighted by molar-refractivity contribution is -0.187. The number of rotatable bonds is 4. The van der Waals surface area contributed by atoms with E-state index in [-0.39, 0.29) is 6.10 Å². The Morgan fingerprint density at radius 3 is 2.60 bits per heavy atom. The quantitative estimate of drug-likeness (QED) is 0.601. The van der Waals surface area contributed by atoms with Crippen LogP contribution in [0.4, 0.5) is 0 Å². The summed E-state index contributed by atoms with van der Waals surface area (Å²) in [5.41, 5.74) is 2.02. The second-order valence-electron chi connectivity index (χ2n) is 5.96. The molecular weight excluding hydrogens is 404 g/mol. The second kappa shape index (κ2) is 6.92. The van der Waals surface area contributed by atoms with Crippen LogP contribution in [0.2, 0.25) is 5.02 Å². The van der Waals surface area contributed by atoms with Crippen LogP contribution in [0.1, 0.15) is 17.2 Å². The fraction of sp³-hybridized carbons (Fsp3) is 0.211. The van der Waals surface area contributed by atoms with E-state index >= 15 is 0 Å². The van der Waals surface area contributed by atoms with Crippen LogP contribution in [0, 0.1) is 0 Å². The van der Waals surface area contributed by atoms with E-state index in [1.165, 1.54) is 0 Å². The predicted molar refractivity (Wildman–Crippen MR) is 99.3 cm³/mol. The van der Waals surface area contributed by atoms with Crippen LogP contribution in [0.5, 0.6) is 0 Å². The summed E-state index contributed by atoms with van der Waals surface area (Å²) in [6.07, 6.45) is 5.28. The van der Waals surface area contributed by atoms with Gasteiger partial charge in [0, 0.05) is 27.5 Å². The van der Waals surface area contributed by atoms with Gasteiger partial charge in [-0.2, -0.15) is 0 Å². The normalized spacial score (nSPS) is 23.0. The topological polar surface area (TPSA) is 36.3 Å². The molecule has 25 heavy (non-hydrogen) atoms. The summed E-state index contributed by atoms with van der Waals surface area (Å²) in [6.45, 7) is 1.00. The highest BCUT2D eigenvalue weighted by Gasteiger charge is 2.44. The number of ether oxygens (including phenoxy) is 2. The third kappa shape index (κ3) is 3.51. The standard InChI is InChI=1S/C19H16BrClN2O2/c20-16-5-1-14(2-6-16)18-11-24-19(25-18,12-23-10-9-22-13-23)15-3-7-17(21)8-4-15/h1-10,13,18H,11-12H2. The average Bonchev–Trinajstić information content (AvgIpc) is 3.27. The summed E-state index contributed by atoms with van der Waals surface area (Å²) in [7, 11) is 0. The van der Waals surface area contributed by atoms with E-state index in [1.54, 1.807) is 12.5 Å². The molecule has 2 atom stereocenters. The molecule has 128 valence electrons. The fourth-order valence-corrected chi connectivity index (χ4v) is 3.39. The third-order valence-electron chi connectivity index (χ3n) is 4.28. The van der Waals surface area contributed by atoms with Gasteiger partial charge in [0.15, 0.2) is 0 Å². The zero-order valence-electron chi connectivity index (χ0n) is 13.3. The molecule has 1 aromatic heterocycles. The van der Waals surface area contributed by atoms with Gasteiger partial charge in [0.05, 0.1) is 19.5 Å². The SMILES string of the molecule is Clc1ccc(C2(Cn3ccnc3)OCC(c3ccc(Br)cc3)O2)cc1. The lowest BCUT2D eigenvalue weighted by Crippen LogP contribution is -2.32. The molecule has 4 nitrogen and oxygen atoms in total. The van der Waals surface area contributed by atoms with Gasteiger partial charge in [-0.25, -0.2) is 4.98 Å². The number of benzene rings is 2. The fourth-order valence-electron chi connectivity index (χ4n) is 3.00. The molecule has 0 spiro atoms. The second-order valence-corrected chi connectivity index (χ2v) is 7.32. The number of halogens is 2. The van der Waals surface area contributed by atoms with Crippen molar-refractivity contribution in [3.63, 3.8) is 0 Å². The summed E-state index contributed by atoms with van der Waals surface area (Å²) < 4.78 is 15.7. The molecule has 0 bridgehead atoms. The van der Waals surface area contributed by atoms with Gasteiger partial charge in [0.2, 0.25) is 5.79 Å². The summed E-state index contributed by atoms with van der Waals surface area (Å²) >= 11 is 9.51. The molecule has 2 heterocycles. The Morgan fingerprint density at radius 1 is 1.16 bits per heavy atom. The molecule has 4 rings (SSSR count). The van der Waals surface area contributed by atoms with E-state index in [9.17, 15) is 0 Å². The van der Waals surface area contributed by atoms with Crippen LogP contribution < -0.4 is 0 Å². The van der Waals surface area contributed by atoms with E-state index in [2.05, 4.69) is 20.9 Å². The van der Waals surface area contributed by atoms with Gasteiger partial charge in [0.25, 0.3) is 0 Å². The van der Waals surface area contributed by atoms with Crippen LogP contribution in [0.25, 0.3) is 0 Å². The van der Waals surface area contributed by atoms with Gasteiger partial charge >= 0.3 is 0 Å². The van der Waals surface area contributed by atoms with Gasteiger partial charge in [-0.1, -0.05) is 51.8 Å². The van der Waals surface area contributed by atoms with Crippen molar-refractivity contribution in [3.8, 4) is 0 Å². The minimum Gasteiger partial charge on any atom is -0.341 e. The maximum atomic E-state index is 6.45. The van der Waals surface area contributed by atoms with Crippen molar-refractivity contribution in [2.24, 2.45) is 0 Å². The van der Waals surface area contributed by atoms with Crippen LogP contribution in [0.15, 0.2) is 71.7 Å². The Balaban J connectivity index is 1.67. The Morgan fingerprint density at radius 2 is 1.92 bits per heavy atom. The van der Waals surface area contributed by atoms with Gasteiger partial charge in [-0.05, 0) is 29.8 Å². The first-order chi connectivity index (χ1) is 12.1. The summed E-state index contributed by atoms with van der Waals surface area (Å²) in [4.78, 5) is 4.12. The predicted octanol–water partition coefficient (Wildman–Crippen LogP) is 4.94. The number of imidazole rings is 1. The number of hydrogen-bond acceptors (Lipinski definition) is 3. The maximum absolute atomic E-state index is 6.45. The lowest BCUT2D eigenvalue weighted by atomic mass is 10.1. The molecule has 3 aromatic rings. The van der Waals surface area contributed by atoms with Crippen molar-refractivity contribution in [2.45, 2.75) is 18.4 Å². The largest absolute Gasteiger partial charge is 0.341 e. The number of hydrogen-bond donors (Lipinski definition) is 0. The van der Waals surface area contributed by atoms with Gasteiger partial charge in [0.1, 0.15) is 6.10 Å². The van der Waals surface area contributed by atoms with E-state index in [1.807, 2.05) is 59.3 Å². The summed E-state index contributed by atoms with van der Waals surface area (Å²) in [6, 6.07) is 15.7. The van der Waals surface area contributed by atoms with Crippen LogP contribution in [-0.2, 0) is 21.8 Å². The zero-order chi connectivity index (χ0) is 17.3. The lowest BCUT2D eigenvalue weighted by Gasteiger charge is -2.29. The molecular formula is C19H16BrClN2O2. The molecule has 1 fully saturated rings. The first-order valence-corrected chi connectivity index (χ1v) is 9.11. The molecule has 0 amide bonds. The molecule has 2 unspecified atom stereocenters. The van der Waals surface area contributed by atoms with Crippen LogP contribution >= 0.6 is 27.5 Å². The van der Waals surface area contributed by atoms with Gasteiger partial charge in [-0.3, -0.25) is 0 Å². The molecule has 0 N–H and O–H groups in total. The highest BCUT2D eigenvalue weighted by atomic mass is 79.9. The van der Waals surface area contributed by atoms with Crippen molar-refractivity contribution in [1.29, 1.82) is 0 Å². The Labute approximate surface area is 159 Å².